The molecule has 4 aliphatic rings. The quantitative estimate of drug-likeness (QED) is 0.420. The molecule has 6 heteroatoms. The molecule has 2 heterocycles. The van der Waals surface area contributed by atoms with Gasteiger partial charge in [0.2, 0.25) is 0 Å². The second-order valence-corrected chi connectivity index (χ2v) is 8.20. The van der Waals surface area contributed by atoms with Gasteiger partial charge in [-0.3, -0.25) is 9.59 Å². The third-order valence-electron chi connectivity index (χ3n) is 5.79. The third kappa shape index (κ3) is 2.70. The van der Waals surface area contributed by atoms with Gasteiger partial charge in [0, 0.05) is 10.0 Å². The summed E-state index contributed by atoms with van der Waals surface area (Å²) in [5.41, 5.74) is 0.944. The topological polar surface area (TPSA) is 62.9 Å². The summed E-state index contributed by atoms with van der Waals surface area (Å²) in [6.07, 6.45) is 7.61. The Hall–Kier alpha value is -2.47. The molecule has 1 saturated carbocycles. The van der Waals surface area contributed by atoms with Gasteiger partial charge in [-0.25, -0.2) is 0 Å². The maximum atomic E-state index is 12.7. The highest BCUT2D eigenvalue weighted by molar-refractivity contribution is 9.10. The van der Waals surface area contributed by atoms with Crippen LogP contribution in [-0.2, 0) is 9.59 Å². The molecule has 1 saturated heterocycles. The average molecular weight is 425 g/mol. The molecule has 1 aromatic carbocycles. The molecule has 2 bridgehead atoms. The number of benzene rings is 1. The van der Waals surface area contributed by atoms with Crippen LogP contribution in [0, 0.1) is 23.7 Å². The highest BCUT2D eigenvalue weighted by atomic mass is 79.9. The summed E-state index contributed by atoms with van der Waals surface area (Å²) >= 11 is 3.41. The van der Waals surface area contributed by atoms with Gasteiger partial charge in [0.1, 0.15) is 11.5 Å². The van der Waals surface area contributed by atoms with Gasteiger partial charge in [-0.15, -0.1) is 0 Å². The van der Waals surface area contributed by atoms with Crippen molar-refractivity contribution in [3.8, 4) is 11.3 Å². The number of hydrogen-bond acceptors (Lipinski definition) is 4. The van der Waals surface area contributed by atoms with Crippen molar-refractivity contribution in [1.82, 2.24) is 5.01 Å². The molecule has 5 nitrogen and oxygen atoms in total. The Bertz CT molecular complexity index is 944. The van der Waals surface area contributed by atoms with E-state index in [2.05, 4.69) is 33.2 Å². The molecule has 0 N–H and O–H groups in total. The summed E-state index contributed by atoms with van der Waals surface area (Å²) < 4.78 is 6.78. The van der Waals surface area contributed by atoms with E-state index in [1.807, 2.05) is 30.3 Å². The Morgan fingerprint density at radius 2 is 1.59 bits per heavy atom. The minimum absolute atomic E-state index is 0.171. The van der Waals surface area contributed by atoms with Crippen LogP contribution < -0.4 is 0 Å². The lowest BCUT2D eigenvalue weighted by molar-refractivity contribution is -0.140. The minimum Gasteiger partial charge on any atom is -0.455 e. The number of fused-ring (bicyclic) bond motifs is 1. The monoisotopic (exact) mass is 424 g/mol. The summed E-state index contributed by atoms with van der Waals surface area (Å²) in [6.45, 7) is 0. The lowest BCUT2D eigenvalue weighted by Crippen LogP contribution is -2.38. The lowest BCUT2D eigenvalue weighted by atomic mass is 9.63. The number of allylic oxidation sites excluding steroid dienone is 2. The Morgan fingerprint density at radius 3 is 2.19 bits per heavy atom. The van der Waals surface area contributed by atoms with Crippen molar-refractivity contribution in [3.05, 3.63) is 58.8 Å². The van der Waals surface area contributed by atoms with E-state index >= 15 is 0 Å². The zero-order chi connectivity index (χ0) is 18.5. The number of hydrazone groups is 1. The maximum absolute atomic E-state index is 12.7. The second-order valence-electron chi connectivity index (χ2n) is 7.28. The predicted molar refractivity (Wildman–Crippen MR) is 104 cm³/mol. The highest BCUT2D eigenvalue weighted by Gasteiger charge is 2.56. The van der Waals surface area contributed by atoms with E-state index in [4.69, 9.17) is 4.42 Å². The fraction of sp³-hybridized carbons (Fsp3) is 0.286. The van der Waals surface area contributed by atoms with Crippen molar-refractivity contribution in [2.24, 2.45) is 28.8 Å². The molecule has 3 aliphatic carbocycles. The second kappa shape index (κ2) is 6.30. The molecule has 2 fully saturated rings. The molecule has 1 aromatic heterocycles. The Labute approximate surface area is 164 Å². The number of carbonyl (C=O) groups excluding carboxylic acids is 2. The van der Waals surface area contributed by atoms with Crippen LogP contribution in [0.3, 0.4) is 0 Å². The molecule has 27 heavy (non-hydrogen) atoms. The van der Waals surface area contributed by atoms with E-state index in [0.29, 0.717) is 11.5 Å². The number of imide groups is 1. The largest absolute Gasteiger partial charge is 0.455 e. The van der Waals surface area contributed by atoms with Crippen molar-refractivity contribution in [2.75, 3.05) is 0 Å². The summed E-state index contributed by atoms with van der Waals surface area (Å²) in [5.74, 6) is 0.707. The molecule has 0 radical (unpaired) electrons. The first kappa shape index (κ1) is 16.7. The first-order chi connectivity index (χ1) is 13.1. The van der Waals surface area contributed by atoms with Crippen LogP contribution in [0.5, 0.6) is 0 Å². The van der Waals surface area contributed by atoms with Gasteiger partial charge >= 0.3 is 0 Å². The lowest BCUT2D eigenvalue weighted by Gasteiger charge is -2.37. The van der Waals surface area contributed by atoms with Crippen molar-refractivity contribution in [1.29, 1.82) is 0 Å². The fourth-order valence-corrected chi connectivity index (χ4v) is 4.74. The zero-order valence-electron chi connectivity index (χ0n) is 14.4. The van der Waals surface area contributed by atoms with Gasteiger partial charge in [0.25, 0.3) is 11.8 Å². The Kier molecular flexibility index (Phi) is 3.90. The predicted octanol–water partition coefficient (Wildman–Crippen LogP) is 4.24. The molecule has 4 atom stereocenters. The normalized spacial score (nSPS) is 29.1. The van der Waals surface area contributed by atoms with Crippen molar-refractivity contribution in [2.45, 2.75) is 12.8 Å². The summed E-state index contributed by atoms with van der Waals surface area (Å²) in [7, 11) is 0. The molecule has 1 aliphatic heterocycles. The van der Waals surface area contributed by atoms with Crippen LogP contribution in [0.1, 0.15) is 18.6 Å². The summed E-state index contributed by atoms with van der Waals surface area (Å²) in [6, 6.07) is 11.4. The third-order valence-corrected chi connectivity index (χ3v) is 6.32. The number of hydrogen-bond donors (Lipinski definition) is 0. The number of halogens is 1. The Morgan fingerprint density at radius 1 is 0.963 bits per heavy atom. The van der Waals surface area contributed by atoms with Gasteiger partial charge in [-0.05, 0) is 48.9 Å². The fourth-order valence-electron chi connectivity index (χ4n) is 4.48. The maximum Gasteiger partial charge on any atom is 0.254 e. The summed E-state index contributed by atoms with van der Waals surface area (Å²) in [5, 5.41) is 5.23. The van der Waals surface area contributed by atoms with Crippen molar-refractivity contribution >= 4 is 34.0 Å². The van der Waals surface area contributed by atoms with Gasteiger partial charge in [-0.1, -0.05) is 40.2 Å². The van der Waals surface area contributed by atoms with E-state index in [-0.39, 0.29) is 35.5 Å². The molecule has 136 valence electrons. The molecule has 2 aromatic rings. The number of furan rings is 1. The van der Waals surface area contributed by atoms with Crippen LogP contribution in [0.2, 0.25) is 0 Å². The smallest absolute Gasteiger partial charge is 0.254 e. The van der Waals surface area contributed by atoms with Crippen LogP contribution in [-0.4, -0.2) is 23.0 Å². The van der Waals surface area contributed by atoms with Gasteiger partial charge in [-0.2, -0.15) is 10.1 Å². The molecular formula is C21H17BrN2O3. The molecule has 6 rings (SSSR count). The molecule has 2 amide bonds. The number of rotatable bonds is 3. The highest BCUT2D eigenvalue weighted by Crippen LogP contribution is 2.49. The van der Waals surface area contributed by atoms with E-state index < -0.39 is 0 Å². The standard InChI is InChI=1S/C21H17BrN2O3/c22-15-7-5-12(6-8-15)17-10-9-16(27-17)11-23-24-20(25)18-13-1-2-14(4-3-13)19(18)21(24)26/h1-2,5-11,13-14,18-19H,3-4H2/b23-11-/t13-,14-,18+,19+/m0/s1. The molecular weight excluding hydrogens is 408 g/mol. The van der Waals surface area contributed by atoms with E-state index in [1.54, 1.807) is 6.07 Å². The Balaban J connectivity index is 1.37. The van der Waals surface area contributed by atoms with E-state index in [9.17, 15) is 9.59 Å². The number of nitrogens with zero attached hydrogens (tertiary/aromatic N) is 2. The first-order valence-corrected chi connectivity index (χ1v) is 9.87. The van der Waals surface area contributed by atoms with Crippen LogP contribution >= 0.6 is 15.9 Å². The van der Waals surface area contributed by atoms with Gasteiger partial charge in [0.15, 0.2) is 0 Å². The SMILES string of the molecule is O=C1[C@H]2[C@H](C(=O)N1/N=C\c1ccc(-c3ccc(Br)cc3)o1)[C@H]1C=C[C@H]2CC1. The number of amides is 2. The van der Waals surface area contributed by atoms with E-state index in [1.165, 1.54) is 6.21 Å². The van der Waals surface area contributed by atoms with Crippen molar-refractivity contribution in [3.63, 3.8) is 0 Å². The first-order valence-electron chi connectivity index (χ1n) is 9.08. The molecule has 0 spiro atoms. The summed E-state index contributed by atoms with van der Waals surface area (Å²) in [4.78, 5) is 25.5. The van der Waals surface area contributed by atoms with Crippen LogP contribution in [0.25, 0.3) is 11.3 Å². The number of carbonyl (C=O) groups is 2. The minimum atomic E-state index is -0.242. The van der Waals surface area contributed by atoms with Crippen LogP contribution in [0.4, 0.5) is 0 Å². The van der Waals surface area contributed by atoms with E-state index in [0.717, 1.165) is 27.9 Å². The van der Waals surface area contributed by atoms with Crippen LogP contribution in [0.15, 0.2) is 62.5 Å². The van der Waals surface area contributed by atoms with Gasteiger partial charge < -0.3 is 4.42 Å². The average Bonchev–Trinajstić information content (AvgIpc) is 3.26. The van der Waals surface area contributed by atoms with Gasteiger partial charge in [0.05, 0.1) is 18.1 Å². The zero-order valence-corrected chi connectivity index (χ0v) is 16.0. The van der Waals surface area contributed by atoms with Crippen molar-refractivity contribution < 1.29 is 14.0 Å². The molecule has 0 unspecified atom stereocenters.